The summed E-state index contributed by atoms with van der Waals surface area (Å²) in [4.78, 5) is 26.1. The van der Waals surface area contributed by atoms with Crippen molar-refractivity contribution >= 4 is 29.1 Å². The smallest absolute Gasteiger partial charge is 0.343 e. The molecule has 1 atom stereocenters. The molecule has 1 heterocycles. The van der Waals surface area contributed by atoms with E-state index in [0.717, 1.165) is 11.3 Å². The quantitative estimate of drug-likeness (QED) is 0.497. The van der Waals surface area contributed by atoms with Gasteiger partial charge >= 0.3 is 5.97 Å². The highest BCUT2D eigenvalue weighted by Crippen LogP contribution is 2.31. The summed E-state index contributed by atoms with van der Waals surface area (Å²) < 4.78 is 5.40. The lowest BCUT2D eigenvalue weighted by atomic mass is 9.92. The Balaban J connectivity index is 1.83. The highest BCUT2D eigenvalue weighted by atomic mass is 32.1. The third kappa shape index (κ3) is 3.90. The predicted molar refractivity (Wildman–Crippen MR) is 107 cm³/mol. The molecule has 0 amide bonds. The minimum Gasteiger partial charge on any atom is -0.423 e. The van der Waals surface area contributed by atoms with E-state index in [0.29, 0.717) is 22.0 Å². The van der Waals surface area contributed by atoms with Crippen LogP contribution in [0.4, 0.5) is 0 Å². The lowest BCUT2D eigenvalue weighted by molar-refractivity contribution is -0.114. The van der Waals surface area contributed by atoms with Crippen LogP contribution in [0.3, 0.4) is 0 Å². The Kier molecular flexibility index (Phi) is 5.37. The van der Waals surface area contributed by atoms with Gasteiger partial charge in [-0.05, 0) is 55.9 Å². The van der Waals surface area contributed by atoms with Gasteiger partial charge < -0.3 is 15.0 Å². The highest BCUT2D eigenvalue weighted by molar-refractivity contribution is 7.80. The van der Waals surface area contributed by atoms with Crippen LogP contribution in [0, 0.1) is 0 Å². The normalized spacial score (nSPS) is 16.8. The van der Waals surface area contributed by atoms with E-state index in [-0.39, 0.29) is 11.8 Å². The maximum absolute atomic E-state index is 12.2. The molecule has 27 heavy (non-hydrogen) atoms. The van der Waals surface area contributed by atoms with Crippen LogP contribution in [0.15, 0.2) is 65.9 Å². The molecule has 138 valence electrons. The molecule has 1 aliphatic rings. The fourth-order valence-corrected chi connectivity index (χ4v) is 3.27. The summed E-state index contributed by atoms with van der Waals surface area (Å²) in [6.07, 6.45) is 0. The number of benzene rings is 2. The molecule has 0 aliphatic carbocycles. The second-order valence-corrected chi connectivity index (χ2v) is 6.71. The second kappa shape index (κ2) is 7.72. The van der Waals surface area contributed by atoms with E-state index < -0.39 is 5.97 Å². The minimum absolute atomic E-state index is 0.0149. The molecule has 0 saturated heterocycles. The number of ketones is 1. The summed E-state index contributed by atoms with van der Waals surface area (Å²) in [5.41, 5.74) is 2.85. The topological polar surface area (TPSA) is 58.6 Å². The van der Waals surface area contributed by atoms with Crippen molar-refractivity contribution in [2.24, 2.45) is 0 Å². The fraction of sp³-hybridized carbons (Fsp3) is 0.190. The average Bonchev–Trinajstić information content (AvgIpc) is 2.66. The minimum atomic E-state index is -0.415. The zero-order valence-corrected chi connectivity index (χ0v) is 16.2. The Morgan fingerprint density at radius 1 is 1.07 bits per heavy atom. The van der Waals surface area contributed by atoms with E-state index in [1.54, 1.807) is 48.2 Å². The van der Waals surface area contributed by atoms with Crippen molar-refractivity contribution in [2.45, 2.75) is 19.9 Å². The fourth-order valence-electron chi connectivity index (χ4n) is 3.01. The molecule has 1 aliphatic heterocycles. The van der Waals surface area contributed by atoms with Crippen molar-refractivity contribution in [3.63, 3.8) is 0 Å². The van der Waals surface area contributed by atoms with Crippen molar-refractivity contribution in [1.29, 1.82) is 0 Å². The van der Waals surface area contributed by atoms with Gasteiger partial charge in [0.15, 0.2) is 10.9 Å². The lowest BCUT2D eigenvalue weighted by Gasteiger charge is -2.35. The number of ether oxygens (including phenoxy) is 1. The first kappa shape index (κ1) is 18.8. The van der Waals surface area contributed by atoms with Crippen LogP contribution in [0.25, 0.3) is 0 Å². The monoisotopic (exact) mass is 380 g/mol. The number of thiocarbonyl (C=S) groups is 1. The van der Waals surface area contributed by atoms with Gasteiger partial charge in [0, 0.05) is 18.3 Å². The van der Waals surface area contributed by atoms with Gasteiger partial charge in [-0.2, -0.15) is 0 Å². The van der Waals surface area contributed by atoms with Crippen molar-refractivity contribution in [1.82, 2.24) is 10.2 Å². The third-order valence-electron chi connectivity index (χ3n) is 4.57. The summed E-state index contributed by atoms with van der Waals surface area (Å²) in [5.74, 6) is 0.00854. The molecule has 6 heteroatoms. The van der Waals surface area contributed by atoms with Crippen LogP contribution in [-0.2, 0) is 4.79 Å². The molecule has 0 bridgehead atoms. The van der Waals surface area contributed by atoms with Gasteiger partial charge in [0.25, 0.3) is 0 Å². The predicted octanol–water partition coefficient (Wildman–Crippen LogP) is 3.63. The van der Waals surface area contributed by atoms with Crippen molar-refractivity contribution in [2.75, 3.05) is 7.05 Å². The SMILES string of the molecule is CC(=O)C1=C(C)N(C)C(=S)NC1c1ccc(OC(=O)c2ccccc2)cc1. The van der Waals surface area contributed by atoms with Crippen molar-refractivity contribution in [3.05, 3.63) is 77.0 Å². The molecule has 0 spiro atoms. The van der Waals surface area contributed by atoms with Gasteiger partial charge in [-0.3, -0.25) is 4.79 Å². The summed E-state index contributed by atoms with van der Waals surface area (Å²) in [7, 11) is 1.83. The van der Waals surface area contributed by atoms with Gasteiger partial charge in [0.2, 0.25) is 0 Å². The third-order valence-corrected chi connectivity index (χ3v) is 4.96. The van der Waals surface area contributed by atoms with E-state index in [2.05, 4.69) is 5.32 Å². The van der Waals surface area contributed by atoms with Gasteiger partial charge in [0.05, 0.1) is 11.6 Å². The molecule has 1 unspecified atom stereocenters. The lowest BCUT2D eigenvalue weighted by Crippen LogP contribution is -2.45. The molecular formula is C21H20N2O3S. The summed E-state index contributed by atoms with van der Waals surface area (Å²) in [5, 5.41) is 3.76. The van der Waals surface area contributed by atoms with Crippen LogP contribution in [0.5, 0.6) is 5.75 Å². The molecule has 0 aromatic heterocycles. The first-order valence-corrected chi connectivity index (χ1v) is 8.92. The van der Waals surface area contributed by atoms with Crippen LogP contribution in [-0.4, -0.2) is 28.8 Å². The van der Waals surface area contributed by atoms with Crippen LogP contribution in [0.2, 0.25) is 0 Å². The zero-order valence-electron chi connectivity index (χ0n) is 15.4. The Morgan fingerprint density at radius 2 is 1.70 bits per heavy atom. The molecule has 2 aromatic rings. The van der Waals surface area contributed by atoms with E-state index in [4.69, 9.17) is 17.0 Å². The highest BCUT2D eigenvalue weighted by Gasteiger charge is 2.30. The average molecular weight is 380 g/mol. The molecule has 0 saturated carbocycles. The Labute approximate surface area is 163 Å². The Bertz CT molecular complexity index is 920. The number of nitrogens with one attached hydrogen (secondary N) is 1. The second-order valence-electron chi connectivity index (χ2n) is 6.32. The molecule has 2 aromatic carbocycles. The molecule has 5 nitrogen and oxygen atoms in total. The Hall–Kier alpha value is -2.99. The van der Waals surface area contributed by atoms with Crippen LogP contribution in [0.1, 0.15) is 35.8 Å². The number of hydrogen-bond acceptors (Lipinski definition) is 4. The number of hydrogen-bond donors (Lipinski definition) is 1. The van der Waals surface area contributed by atoms with Crippen LogP contribution < -0.4 is 10.1 Å². The van der Waals surface area contributed by atoms with E-state index in [9.17, 15) is 9.59 Å². The maximum atomic E-state index is 12.2. The van der Waals surface area contributed by atoms with Gasteiger partial charge in [-0.25, -0.2) is 4.79 Å². The summed E-state index contributed by atoms with van der Waals surface area (Å²) in [6.45, 7) is 3.43. The van der Waals surface area contributed by atoms with Gasteiger partial charge in [-0.15, -0.1) is 0 Å². The maximum Gasteiger partial charge on any atom is 0.343 e. The first-order chi connectivity index (χ1) is 12.9. The zero-order chi connectivity index (χ0) is 19.6. The molecule has 0 fully saturated rings. The number of Topliss-reactive ketones (excluding diaryl/α,β-unsaturated/α-hetero) is 1. The molecule has 1 N–H and O–H groups in total. The van der Waals surface area contributed by atoms with E-state index in [1.807, 2.05) is 32.2 Å². The first-order valence-electron chi connectivity index (χ1n) is 8.51. The van der Waals surface area contributed by atoms with E-state index >= 15 is 0 Å². The van der Waals surface area contributed by atoms with Crippen molar-refractivity contribution < 1.29 is 14.3 Å². The number of allylic oxidation sites excluding steroid dienone is 1. The number of carbonyl (C=O) groups is 2. The summed E-state index contributed by atoms with van der Waals surface area (Å²) in [6, 6.07) is 15.6. The number of nitrogens with zero attached hydrogens (tertiary/aromatic N) is 1. The van der Waals surface area contributed by atoms with Gasteiger partial charge in [0.1, 0.15) is 5.75 Å². The number of esters is 1. The number of rotatable bonds is 4. The molecular weight excluding hydrogens is 360 g/mol. The molecule has 3 rings (SSSR count). The molecule has 0 radical (unpaired) electrons. The summed E-state index contributed by atoms with van der Waals surface area (Å²) >= 11 is 5.36. The van der Waals surface area contributed by atoms with Crippen molar-refractivity contribution in [3.8, 4) is 5.75 Å². The number of carbonyl (C=O) groups excluding carboxylic acids is 2. The Morgan fingerprint density at radius 3 is 2.30 bits per heavy atom. The van der Waals surface area contributed by atoms with Crippen LogP contribution >= 0.6 is 12.2 Å². The van der Waals surface area contributed by atoms with Gasteiger partial charge in [-0.1, -0.05) is 30.3 Å². The standard InChI is InChI=1S/C21H20N2O3S/c1-13-18(14(2)24)19(22-21(27)23(13)3)15-9-11-17(12-10-15)26-20(25)16-7-5-4-6-8-16/h4-12,19H,1-3H3,(H,22,27). The largest absolute Gasteiger partial charge is 0.423 e. The van der Waals surface area contributed by atoms with E-state index in [1.165, 1.54) is 0 Å².